The lowest BCUT2D eigenvalue weighted by Gasteiger charge is -2.32. The van der Waals surface area contributed by atoms with E-state index in [1.54, 1.807) is 13.2 Å². The van der Waals surface area contributed by atoms with Gasteiger partial charge in [0.25, 0.3) is 0 Å². The van der Waals surface area contributed by atoms with Gasteiger partial charge >= 0.3 is 0 Å². The zero-order valence-electron chi connectivity index (χ0n) is 19.9. The van der Waals surface area contributed by atoms with Crippen molar-refractivity contribution >= 4 is 21.5 Å². The van der Waals surface area contributed by atoms with Crippen LogP contribution in [0.5, 0.6) is 11.5 Å². The molecule has 1 saturated carbocycles. The van der Waals surface area contributed by atoms with E-state index in [2.05, 4.69) is 9.62 Å². The molecular weight excluding hydrogens is 471 g/mol. The molecule has 1 aliphatic carbocycles. The molecule has 186 valence electrons. The van der Waals surface area contributed by atoms with E-state index in [9.17, 15) is 17.6 Å². The van der Waals surface area contributed by atoms with Gasteiger partial charge in [-0.25, -0.2) is 12.8 Å². The third-order valence-corrected chi connectivity index (χ3v) is 7.69. The van der Waals surface area contributed by atoms with Crippen LogP contribution in [0.2, 0.25) is 0 Å². The van der Waals surface area contributed by atoms with Gasteiger partial charge in [0, 0.05) is 36.8 Å². The van der Waals surface area contributed by atoms with Crippen molar-refractivity contribution in [1.82, 2.24) is 9.62 Å². The summed E-state index contributed by atoms with van der Waals surface area (Å²) in [5.74, 6) is 0.530. The number of benzene rings is 2. The van der Waals surface area contributed by atoms with E-state index in [-0.39, 0.29) is 5.82 Å². The molecule has 2 aliphatic heterocycles. The number of nitrogens with one attached hydrogen (secondary N) is 1. The molecule has 0 aromatic heterocycles. The molecule has 3 aliphatic rings. The van der Waals surface area contributed by atoms with E-state index in [1.807, 2.05) is 18.2 Å². The van der Waals surface area contributed by atoms with Gasteiger partial charge in [0.05, 0.1) is 18.8 Å². The smallest absolute Gasteiger partial charge is 0.240 e. The Morgan fingerprint density at radius 1 is 1.14 bits per heavy atom. The Labute approximate surface area is 205 Å². The Balaban J connectivity index is 1.42. The number of likely N-dealkylation sites (tertiary alicyclic amines) is 1. The first kappa shape index (κ1) is 23.8. The van der Waals surface area contributed by atoms with Crippen molar-refractivity contribution in [3.8, 4) is 11.5 Å². The van der Waals surface area contributed by atoms with E-state index in [0.29, 0.717) is 31.7 Å². The first-order valence-corrected chi connectivity index (χ1v) is 13.6. The normalized spacial score (nSPS) is 19.2. The van der Waals surface area contributed by atoms with Crippen LogP contribution in [0.15, 0.2) is 42.0 Å². The molecule has 0 bridgehead atoms. The highest BCUT2D eigenvalue weighted by atomic mass is 32.2. The minimum Gasteiger partial charge on any atom is -0.497 e. The van der Waals surface area contributed by atoms with E-state index < -0.39 is 21.3 Å². The van der Waals surface area contributed by atoms with Crippen molar-refractivity contribution in [3.63, 3.8) is 0 Å². The van der Waals surface area contributed by atoms with Gasteiger partial charge in [0.2, 0.25) is 15.9 Å². The van der Waals surface area contributed by atoms with Crippen LogP contribution >= 0.6 is 0 Å². The van der Waals surface area contributed by atoms with Crippen molar-refractivity contribution in [2.45, 2.75) is 32.3 Å². The summed E-state index contributed by atoms with van der Waals surface area (Å²) >= 11 is 0. The maximum absolute atomic E-state index is 14.0. The fourth-order valence-corrected chi connectivity index (χ4v) is 5.66. The number of methoxy groups -OCH3 is 1. The summed E-state index contributed by atoms with van der Waals surface area (Å²) in [6.07, 6.45) is 3.99. The number of piperidine rings is 1. The van der Waals surface area contributed by atoms with Gasteiger partial charge in [-0.15, -0.1) is 0 Å². The van der Waals surface area contributed by atoms with Gasteiger partial charge in [-0.2, -0.15) is 0 Å². The molecular formula is C26H29FN2O5S. The van der Waals surface area contributed by atoms with Gasteiger partial charge in [-0.1, -0.05) is 11.6 Å². The second-order valence-corrected chi connectivity index (χ2v) is 11.4. The number of carbonyl (C=O) groups excluding carboxylic acids is 1. The molecule has 0 atom stereocenters. The number of fused-ring (bicyclic) bond motifs is 2. The largest absolute Gasteiger partial charge is 0.497 e. The highest BCUT2D eigenvalue weighted by Crippen LogP contribution is 2.48. The summed E-state index contributed by atoms with van der Waals surface area (Å²) in [6.45, 7) is 2.39. The molecule has 5 rings (SSSR count). The zero-order chi connectivity index (χ0) is 24.8. The summed E-state index contributed by atoms with van der Waals surface area (Å²) in [7, 11) is -1.95. The van der Waals surface area contributed by atoms with Gasteiger partial charge < -0.3 is 14.4 Å². The predicted octanol–water partition coefficient (Wildman–Crippen LogP) is 3.48. The van der Waals surface area contributed by atoms with Crippen LogP contribution in [0.4, 0.5) is 4.39 Å². The molecule has 35 heavy (non-hydrogen) atoms. The van der Waals surface area contributed by atoms with Crippen LogP contribution in [0.25, 0.3) is 5.57 Å². The van der Waals surface area contributed by atoms with Crippen LogP contribution in [0, 0.1) is 11.2 Å². The number of nitrogens with zero attached hydrogens (tertiary/aromatic N) is 1. The van der Waals surface area contributed by atoms with Crippen LogP contribution < -0.4 is 14.2 Å². The lowest BCUT2D eigenvalue weighted by atomic mass is 9.86. The summed E-state index contributed by atoms with van der Waals surface area (Å²) in [5, 5.41) is 0. The second-order valence-electron chi connectivity index (χ2n) is 9.69. The lowest BCUT2D eigenvalue weighted by Crippen LogP contribution is -2.44. The van der Waals surface area contributed by atoms with E-state index in [1.165, 1.54) is 17.7 Å². The third-order valence-electron chi connectivity index (χ3n) is 7.13. The summed E-state index contributed by atoms with van der Waals surface area (Å²) in [5.41, 5.74) is 4.65. The summed E-state index contributed by atoms with van der Waals surface area (Å²) in [4.78, 5) is 14.8. The third kappa shape index (κ3) is 4.92. The monoisotopic (exact) mass is 500 g/mol. The summed E-state index contributed by atoms with van der Waals surface area (Å²) < 4.78 is 50.6. The molecule has 2 aromatic rings. The highest BCUT2D eigenvalue weighted by Gasteiger charge is 2.51. The SMILES string of the molecule is COc1ccc2c(c1)COc1cc(F)ccc1C2=C1CCN(CC2(C(=O)NS(C)(=O)=O)CC2)CC1. The number of amides is 1. The van der Waals surface area contributed by atoms with Crippen LogP contribution in [-0.2, 0) is 21.4 Å². The quantitative estimate of drug-likeness (QED) is 0.677. The standard InChI is InChI=1S/C26H29FN2O5S/c1-33-20-4-6-21-18(13-20)15-34-23-14-19(27)3-5-22(23)24(21)17-7-11-29(12-8-17)16-26(9-10-26)25(30)28-35(2,31)32/h3-6,13-14H,7-12,15-16H2,1-2H3,(H,28,30). The Morgan fingerprint density at radius 3 is 2.51 bits per heavy atom. The van der Waals surface area contributed by atoms with E-state index in [4.69, 9.17) is 9.47 Å². The summed E-state index contributed by atoms with van der Waals surface area (Å²) in [6, 6.07) is 10.6. The van der Waals surface area contributed by atoms with E-state index >= 15 is 0 Å². The first-order chi connectivity index (χ1) is 16.7. The Morgan fingerprint density at radius 2 is 1.86 bits per heavy atom. The highest BCUT2D eigenvalue weighted by molar-refractivity contribution is 7.89. The average Bonchev–Trinajstić information content (AvgIpc) is 3.61. The zero-order valence-corrected chi connectivity index (χ0v) is 20.7. The Hall–Kier alpha value is -2.91. The minimum absolute atomic E-state index is 0.323. The first-order valence-electron chi connectivity index (χ1n) is 11.7. The molecule has 0 unspecified atom stereocenters. The molecule has 1 saturated heterocycles. The van der Waals surface area contributed by atoms with Crippen molar-refractivity contribution in [3.05, 3.63) is 64.5 Å². The number of carbonyl (C=O) groups is 1. The number of halogens is 1. The van der Waals surface area contributed by atoms with Crippen molar-refractivity contribution in [2.75, 3.05) is 33.0 Å². The molecule has 0 radical (unpaired) electrons. The number of rotatable bonds is 5. The Bertz CT molecular complexity index is 1310. The van der Waals surface area contributed by atoms with Crippen molar-refractivity contribution in [1.29, 1.82) is 0 Å². The second kappa shape index (κ2) is 8.95. The van der Waals surface area contributed by atoms with Crippen LogP contribution in [0.3, 0.4) is 0 Å². The number of ether oxygens (including phenoxy) is 2. The maximum atomic E-state index is 14.0. The Kier molecular flexibility index (Phi) is 6.09. The van der Waals surface area contributed by atoms with Gasteiger partial charge in [-0.05, 0) is 61.1 Å². The fraction of sp³-hybridized carbons (Fsp3) is 0.423. The minimum atomic E-state index is -3.57. The predicted molar refractivity (Wildman–Crippen MR) is 130 cm³/mol. The van der Waals surface area contributed by atoms with Crippen molar-refractivity contribution < 1.29 is 27.1 Å². The van der Waals surface area contributed by atoms with Crippen LogP contribution in [0.1, 0.15) is 42.4 Å². The molecule has 2 heterocycles. The lowest BCUT2D eigenvalue weighted by molar-refractivity contribution is -0.125. The average molecular weight is 501 g/mol. The molecule has 0 spiro atoms. The van der Waals surface area contributed by atoms with Gasteiger partial charge in [-0.3, -0.25) is 9.52 Å². The molecule has 1 N–H and O–H groups in total. The molecule has 9 heteroatoms. The number of hydrogen-bond acceptors (Lipinski definition) is 6. The maximum Gasteiger partial charge on any atom is 0.240 e. The molecule has 2 aromatic carbocycles. The van der Waals surface area contributed by atoms with Crippen LogP contribution in [-0.4, -0.2) is 52.2 Å². The van der Waals surface area contributed by atoms with Gasteiger partial charge in [0.1, 0.15) is 23.9 Å². The topological polar surface area (TPSA) is 84.9 Å². The molecule has 7 nitrogen and oxygen atoms in total. The van der Waals surface area contributed by atoms with Gasteiger partial charge in [0.15, 0.2) is 0 Å². The van der Waals surface area contributed by atoms with Crippen molar-refractivity contribution in [2.24, 2.45) is 5.41 Å². The molecule has 1 amide bonds. The molecule has 2 fully saturated rings. The number of sulfonamides is 1. The fourth-order valence-electron chi connectivity index (χ4n) is 5.11. The number of hydrogen-bond donors (Lipinski definition) is 1. The van der Waals surface area contributed by atoms with E-state index in [0.717, 1.165) is 60.2 Å².